The zero-order valence-corrected chi connectivity index (χ0v) is 14.3. The molecule has 1 heterocycles. The van der Waals surface area contributed by atoms with E-state index in [9.17, 15) is 4.79 Å². The molecule has 0 radical (unpaired) electrons. The highest BCUT2D eigenvalue weighted by Crippen LogP contribution is 2.19. The summed E-state index contributed by atoms with van der Waals surface area (Å²) in [4.78, 5) is 16.4. The fourth-order valence-corrected chi connectivity index (χ4v) is 3.29. The molecule has 5 nitrogen and oxygen atoms in total. The van der Waals surface area contributed by atoms with Crippen LogP contribution in [-0.4, -0.2) is 28.7 Å². The Balaban J connectivity index is 1.41. The molecule has 1 aromatic heterocycles. The Morgan fingerprint density at radius 1 is 1.21 bits per heavy atom. The molecule has 24 heavy (non-hydrogen) atoms. The zero-order valence-electron chi connectivity index (χ0n) is 14.3. The third-order valence-corrected chi connectivity index (χ3v) is 4.58. The summed E-state index contributed by atoms with van der Waals surface area (Å²) < 4.78 is 2.14. The molecule has 2 aromatic rings. The highest BCUT2D eigenvalue weighted by molar-refractivity contribution is 5.76. The lowest BCUT2D eigenvalue weighted by Crippen LogP contribution is -2.37. The van der Waals surface area contributed by atoms with Crippen molar-refractivity contribution in [1.29, 1.82) is 0 Å². The molecule has 1 aromatic carbocycles. The predicted molar refractivity (Wildman–Crippen MR) is 97.0 cm³/mol. The number of hydrogen-bond acceptors (Lipinski definition) is 2. The van der Waals surface area contributed by atoms with E-state index < -0.39 is 0 Å². The quantitative estimate of drug-likeness (QED) is 0.798. The highest BCUT2D eigenvalue weighted by Gasteiger charge is 2.07. The fraction of sp³-hybridized carbons (Fsp3) is 0.474. The third kappa shape index (κ3) is 4.16. The molecule has 0 saturated carbocycles. The largest absolute Gasteiger partial charge is 0.338 e. The van der Waals surface area contributed by atoms with Crippen LogP contribution in [0.3, 0.4) is 0 Å². The molecule has 0 saturated heterocycles. The lowest BCUT2D eigenvalue weighted by molar-refractivity contribution is 0.240. The number of para-hydroxylation sites is 2. The molecule has 0 fully saturated rings. The molecule has 1 aliphatic carbocycles. The van der Waals surface area contributed by atoms with Crippen LogP contribution in [0.25, 0.3) is 11.0 Å². The summed E-state index contributed by atoms with van der Waals surface area (Å²) in [5, 5.41) is 5.88. The molecule has 5 heteroatoms. The van der Waals surface area contributed by atoms with Crippen LogP contribution in [0.2, 0.25) is 0 Å². The lowest BCUT2D eigenvalue weighted by atomic mass is 9.97. The lowest BCUT2D eigenvalue weighted by Gasteiger charge is -2.13. The maximum Gasteiger partial charge on any atom is 0.314 e. The van der Waals surface area contributed by atoms with Crippen LogP contribution in [0.4, 0.5) is 4.79 Å². The minimum atomic E-state index is -0.0894. The Bertz CT molecular complexity index is 732. The molecular formula is C19H26N4O. The van der Waals surface area contributed by atoms with Gasteiger partial charge in [-0.2, -0.15) is 0 Å². The Kier molecular flexibility index (Phi) is 5.51. The van der Waals surface area contributed by atoms with Crippen molar-refractivity contribution in [2.24, 2.45) is 0 Å². The number of aryl methyl sites for hydroxylation is 1. The molecule has 2 N–H and O–H groups in total. The van der Waals surface area contributed by atoms with E-state index in [2.05, 4.69) is 32.3 Å². The van der Waals surface area contributed by atoms with E-state index in [1.165, 1.54) is 31.3 Å². The van der Waals surface area contributed by atoms with Gasteiger partial charge in [0.2, 0.25) is 0 Å². The van der Waals surface area contributed by atoms with Gasteiger partial charge in [0.1, 0.15) is 5.82 Å². The van der Waals surface area contributed by atoms with Gasteiger partial charge in [0.15, 0.2) is 0 Å². The molecule has 0 unspecified atom stereocenters. The summed E-state index contributed by atoms with van der Waals surface area (Å²) in [7, 11) is 0. The van der Waals surface area contributed by atoms with Crippen LogP contribution in [0, 0.1) is 6.92 Å². The number of allylic oxidation sites excluding steroid dienone is 1. The average molecular weight is 326 g/mol. The van der Waals surface area contributed by atoms with Crippen molar-refractivity contribution in [3.8, 4) is 0 Å². The number of benzene rings is 1. The minimum Gasteiger partial charge on any atom is -0.338 e. The van der Waals surface area contributed by atoms with Crippen LogP contribution in [0.5, 0.6) is 0 Å². The molecule has 0 spiro atoms. The van der Waals surface area contributed by atoms with E-state index in [0.29, 0.717) is 13.1 Å². The highest BCUT2D eigenvalue weighted by atomic mass is 16.2. The van der Waals surface area contributed by atoms with Gasteiger partial charge in [-0.1, -0.05) is 23.8 Å². The molecule has 0 atom stereocenters. The standard InChI is InChI=1S/C19H26N4O/c1-15-22-17-9-5-6-10-18(17)23(15)14-13-21-19(24)20-12-11-16-7-3-2-4-8-16/h5-7,9-10H,2-4,8,11-14H2,1H3,(H2,20,21,24). The van der Waals surface area contributed by atoms with E-state index in [1.807, 2.05) is 25.1 Å². The second-order valence-electron chi connectivity index (χ2n) is 6.34. The first-order chi connectivity index (χ1) is 11.7. The first-order valence-corrected chi connectivity index (χ1v) is 8.85. The Labute approximate surface area is 143 Å². The van der Waals surface area contributed by atoms with Crippen molar-refractivity contribution < 1.29 is 4.79 Å². The number of amides is 2. The number of carbonyl (C=O) groups is 1. The van der Waals surface area contributed by atoms with Crippen LogP contribution >= 0.6 is 0 Å². The van der Waals surface area contributed by atoms with Crippen molar-refractivity contribution in [1.82, 2.24) is 20.2 Å². The minimum absolute atomic E-state index is 0.0894. The topological polar surface area (TPSA) is 59.0 Å². The van der Waals surface area contributed by atoms with Crippen molar-refractivity contribution in [3.63, 3.8) is 0 Å². The number of carbonyl (C=O) groups excluding carboxylic acids is 1. The Morgan fingerprint density at radius 3 is 2.88 bits per heavy atom. The number of nitrogens with one attached hydrogen (secondary N) is 2. The Morgan fingerprint density at radius 2 is 2.04 bits per heavy atom. The van der Waals surface area contributed by atoms with Gasteiger partial charge < -0.3 is 15.2 Å². The van der Waals surface area contributed by atoms with Gasteiger partial charge in [0.05, 0.1) is 11.0 Å². The van der Waals surface area contributed by atoms with E-state index in [4.69, 9.17) is 0 Å². The van der Waals surface area contributed by atoms with Gasteiger partial charge in [0, 0.05) is 19.6 Å². The predicted octanol–water partition coefficient (Wildman–Crippen LogP) is 3.53. The van der Waals surface area contributed by atoms with Crippen LogP contribution in [-0.2, 0) is 6.54 Å². The van der Waals surface area contributed by atoms with Gasteiger partial charge in [0.25, 0.3) is 0 Å². The average Bonchev–Trinajstić information content (AvgIpc) is 2.92. The van der Waals surface area contributed by atoms with Gasteiger partial charge in [-0.3, -0.25) is 0 Å². The second kappa shape index (κ2) is 7.99. The first kappa shape index (κ1) is 16.6. The molecule has 2 amide bonds. The van der Waals surface area contributed by atoms with E-state index in [1.54, 1.807) is 0 Å². The molecular weight excluding hydrogens is 300 g/mol. The summed E-state index contributed by atoms with van der Waals surface area (Å²) in [5.41, 5.74) is 3.60. The molecule has 0 aliphatic heterocycles. The summed E-state index contributed by atoms with van der Waals surface area (Å²) in [6.07, 6.45) is 8.28. The number of hydrogen-bond donors (Lipinski definition) is 2. The number of urea groups is 1. The number of aromatic nitrogens is 2. The number of imidazole rings is 1. The molecule has 3 rings (SSSR count). The zero-order chi connectivity index (χ0) is 16.8. The first-order valence-electron chi connectivity index (χ1n) is 8.85. The van der Waals surface area contributed by atoms with Gasteiger partial charge in [-0.05, 0) is 51.2 Å². The van der Waals surface area contributed by atoms with E-state index in [-0.39, 0.29) is 6.03 Å². The van der Waals surface area contributed by atoms with E-state index >= 15 is 0 Å². The van der Waals surface area contributed by atoms with E-state index in [0.717, 1.165) is 29.8 Å². The number of nitrogens with zero attached hydrogens (tertiary/aromatic N) is 2. The molecule has 0 bridgehead atoms. The fourth-order valence-electron chi connectivity index (χ4n) is 3.29. The summed E-state index contributed by atoms with van der Waals surface area (Å²) >= 11 is 0. The maximum absolute atomic E-state index is 11.9. The monoisotopic (exact) mass is 326 g/mol. The third-order valence-electron chi connectivity index (χ3n) is 4.58. The second-order valence-corrected chi connectivity index (χ2v) is 6.34. The van der Waals surface area contributed by atoms with Crippen LogP contribution in [0.15, 0.2) is 35.9 Å². The normalized spacial score (nSPS) is 14.5. The van der Waals surface area contributed by atoms with Crippen molar-refractivity contribution in [2.45, 2.75) is 45.6 Å². The smallest absolute Gasteiger partial charge is 0.314 e. The SMILES string of the molecule is Cc1nc2ccccc2n1CCNC(=O)NCCC1=CCCCC1. The van der Waals surface area contributed by atoms with Crippen molar-refractivity contribution in [3.05, 3.63) is 41.7 Å². The number of rotatable bonds is 6. The molecule has 128 valence electrons. The van der Waals surface area contributed by atoms with Gasteiger partial charge >= 0.3 is 6.03 Å². The summed E-state index contributed by atoms with van der Waals surface area (Å²) in [5.74, 6) is 0.975. The molecule has 1 aliphatic rings. The van der Waals surface area contributed by atoms with Gasteiger partial charge in [-0.15, -0.1) is 0 Å². The summed E-state index contributed by atoms with van der Waals surface area (Å²) in [6, 6.07) is 7.99. The van der Waals surface area contributed by atoms with Crippen molar-refractivity contribution in [2.75, 3.05) is 13.1 Å². The van der Waals surface area contributed by atoms with Crippen LogP contribution in [0.1, 0.15) is 37.9 Å². The van der Waals surface area contributed by atoms with Crippen molar-refractivity contribution >= 4 is 17.1 Å². The maximum atomic E-state index is 11.9. The number of fused-ring (bicyclic) bond motifs is 1. The van der Waals surface area contributed by atoms with Gasteiger partial charge in [-0.25, -0.2) is 9.78 Å². The van der Waals surface area contributed by atoms with Crippen LogP contribution < -0.4 is 10.6 Å². The summed E-state index contributed by atoms with van der Waals surface area (Å²) in [6.45, 7) is 4.03. The Hall–Kier alpha value is -2.30.